The number of ether oxygens (including phenoxy) is 1. The van der Waals surface area contributed by atoms with E-state index in [1.165, 1.54) is 10.6 Å². The fourth-order valence-corrected chi connectivity index (χ4v) is 4.15. The van der Waals surface area contributed by atoms with Crippen molar-refractivity contribution in [3.63, 3.8) is 0 Å². The number of aromatic nitrogens is 1. The van der Waals surface area contributed by atoms with Gasteiger partial charge in [-0.15, -0.1) is 0 Å². The second kappa shape index (κ2) is 8.84. The van der Waals surface area contributed by atoms with Crippen molar-refractivity contribution in [3.8, 4) is 0 Å². The molecule has 3 rings (SSSR count). The largest absolute Gasteiger partial charge is 0.391 e. The molecule has 5 nitrogen and oxygen atoms in total. The van der Waals surface area contributed by atoms with Crippen LogP contribution in [0.1, 0.15) is 46.1 Å². The number of pyridine rings is 1. The minimum absolute atomic E-state index is 0.0563. The first kappa shape index (κ1) is 21.1. The normalized spacial score (nSPS) is 14.2. The van der Waals surface area contributed by atoms with Crippen molar-refractivity contribution in [2.75, 3.05) is 13.2 Å². The molecule has 0 spiro atoms. The van der Waals surface area contributed by atoms with Crippen molar-refractivity contribution < 1.29 is 19.0 Å². The Bertz CT molecular complexity index is 968. The lowest BCUT2D eigenvalue weighted by atomic mass is 9.95. The summed E-state index contributed by atoms with van der Waals surface area (Å²) in [7, 11) is 1.63. The van der Waals surface area contributed by atoms with Crippen LogP contribution in [0.15, 0.2) is 23.0 Å². The summed E-state index contributed by atoms with van der Waals surface area (Å²) >= 11 is 2.04. The predicted molar refractivity (Wildman–Crippen MR) is 112 cm³/mol. The average Bonchev–Trinajstić information content (AvgIpc) is 3.10. The maximum Gasteiger partial charge on any atom is 0.254 e. The van der Waals surface area contributed by atoms with E-state index in [0.717, 1.165) is 15.6 Å². The molecule has 0 amide bonds. The molecular formula is C21H23FINO4. The SMILES string of the molecule is C[C@@H](O)COCC(=O)c1c2c(c(=O)n(C)c1Cc1ccc(I)cc1F)CCC2. The van der Waals surface area contributed by atoms with Crippen LogP contribution >= 0.6 is 22.6 Å². The first-order valence-electron chi connectivity index (χ1n) is 9.26. The Hall–Kier alpha value is -1.58. The Kier molecular flexibility index (Phi) is 6.67. The summed E-state index contributed by atoms with van der Waals surface area (Å²) in [6, 6.07) is 4.93. The topological polar surface area (TPSA) is 68.5 Å². The number of carbonyl (C=O) groups is 1. The minimum Gasteiger partial charge on any atom is -0.391 e. The van der Waals surface area contributed by atoms with Gasteiger partial charge >= 0.3 is 0 Å². The van der Waals surface area contributed by atoms with Crippen molar-refractivity contribution in [1.29, 1.82) is 0 Å². The number of aliphatic hydroxyl groups excluding tert-OH is 1. The van der Waals surface area contributed by atoms with Gasteiger partial charge in [0.25, 0.3) is 5.56 Å². The Morgan fingerprint density at radius 2 is 2.07 bits per heavy atom. The number of fused-ring (bicyclic) bond motifs is 1. The Labute approximate surface area is 176 Å². The number of nitrogens with zero attached hydrogens (tertiary/aromatic N) is 1. The first-order chi connectivity index (χ1) is 13.3. The van der Waals surface area contributed by atoms with E-state index in [2.05, 4.69) is 0 Å². The van der Waals surface area contributed by atoms with E-state index in [4.69, 9.17) is 4.74 Å². The molecule has 0 unspecified atom stereocenters. The van der Waals surface area contributed by atoms with Crippen LogP contribution in [0.5, 0.6) is 0 Å². The fourth-order valence-electron chi connectivity index (χ4n) is 3.70. The molecule has 150 valence electrons. The molecule has 0 radical (unpaired) electrons. The number of carbonyl (C=O) groups excluding carboxylic acids is 1. The molecule has 1 atom stereocenters. The molecule has 1 N–H and O–H groups in total. The highest BCUT2D eigenvalue weighted by atomic mass is 127. The van der Waals surface area contributed by atoms with Crippen LogP contribution in [0.4, 0.5) is 4.39 Å². The van der Waals surface area contributed by atoms with Crippen molar-refractivity contribution in [2.45, 2.75) is 38.7 Å². The third kappa shape index (κ3) is 4.36. The van der Waals surface area contributed by atoms with Gasteiger partial charge < -0.3 is 14.4 Å². The molecular weight excluding hydrogens is 476 g/mol. The van der Waals surface area contributed by atoms with Crippen LogP contribution in [0.3, 0.4) is 0 Å². The number of Topliss-reactive ketones (excluding diaryl/α,β-unsaturated/α-hetero) is 1. The second-order valence-electron chi connectivity index (χ2n) is 7.20. The van der Waals surface area contributed by atoms with Crippen LogP contribution in [-0.4, -0.2) is 34.8 Å². The molecule has 0 saturated heterocycles. The van der Waals surface area contributed by atoms with Crippen molar-refractivity contribution >= 4 is 28.4 Å². The van der Waals surface area contributed by atoms with Gasteiger partial charge in [0, 0.05) is 33.9 Å². The summed E-state index contributed by atoms with van der Waals surface area (Å²) < 4.78 is 22.0. The summed E-state index contributed by atoms with van der Waals surface area (Å²) in [4.78, 5) is 25.8. The van der Waals surface area contributed by atoms with Gasteiger partial charge in [-0.25, -0.2) is 4.39 Å². The number of hydrogen-bond donors (Lipinski definition) is 1. The van der Waals surface area contributed by atoms with Gasteiger partial charge in [-0.05, 0) is 72.0 Å². The molecule has 1 aliphatic carbocycles. The van der Waals surface area contributed by atoms with Crippen molar-refractivity contribution in [1.82, 2.24) is 4.57 Å². The van der Waals surface area contributed by atoms with Gasteiger partial charge in [0.15, 0.2) is 5.78 Å². The number of halogens is 2. The molecule has 2 aromatic rings. The predicted octanol–water partition coefficient (Wildman–Crippen LogP) is 2.79. The minimum atomic E-state index is -0.668. The van der Waals surface area contributed by atoms with Gasteiger partial charge in [0.05, 0.1) is 12.7 Å². The van der Waals surface area contributed by atoms with Gasteiger partial charge in [0.1, 0.15) is 12.4 Å². The van der Waals surface area contributed by atoms with E-state index in [-0.39, 0.29) is 36.8 Å². The molecule has 0 fully saturated rings. The lowest BCUT2D eigenvalue weighted by Gasteiger charge is -2.18. The summed E-state index contributed by atoms with van der Waals surface area (Å²) in [6.45, 7) is 1.46. The van der Waals surface area contributed by atoms with E-state index in [9.17, 15) is 19.1 Å². The van der Waals surface area contributed by atoms with E-state index >= 15 is 0 Å². The van der Waals surface area contributed by atoms with Crippen molar-refractivity contribution in [2.24, 2.45) is 7.05 Å². The molecule has 28 heavy (non-hydrogen) atoms. The zero-order chi connectivity index (χ0) is 20.4. The standard InChI is InChI=1S/C21H23FINO4/c1-12(25)10-28-11-19(26)20-15-4-3-5-16(15)21(27)24(2)18(20)8-13-6-7-14(23)9-17(13)22/h6-7,9,12,25H,3-5,8,10-11H2,1-2H3/t12-/m1/s1. The lowest BCUT2D eigenvalue weighted by Crippen LogP contribution is -2.30. The quantitative estimate of drug-likeness (QED) is 0.470. The third-order valence-electron chi connectivity index (χ3n) is 5.02. The van der Waals surface area contributed by atoms with Crippen LogP contribution < -0.4 is 5.56 Å². The second-order valence-corrected chi connectivity index (χ2v) is 8.44. The summed E-state index contributed by atoms with van der Waals surface area (Å²) in [5, 5.41) is 9.35. The van der Waals surface area contributed by atoms with E-state index in [1.54, 1.807) is 26.1 Å². The smallest absolute Gasteiger partial charge is 0.254 e. The molecule has 1 aliphatic rings. The Balaban J connectivity index is 2.06. The van der Waals surface area contributed by atoms with E-state index < -0.39 is 6.10 Å². The Morgan fingerprint density at radius 3 is 2.75 bits per heavy atom. The molecule has 0 bridgehead atoms. The van der Waals surface area contributed by atoms with Gasteiger partial charge in [-0.3, -0.25) is 9.59 Å². The molecule has 0 saturated carbocycles. The van der Waals surface area contributed by atoms with Gasteiger partial charge in [0.2, 0.25) is 0 Å². The summed E-state index contributed by atoms with van der Waals surface area (Å²) in [5.41, 5.74) is 2.75. The molecule has 1 aromatic carbocycles. The van der Waals surface area contributed by atoms with E-state index in [0.29, 0.717) is 35.2 Å². The highest BCUT2D eigenvalue weighted by molar-refractivity contribution is 14.1. The molecule has 7 heteroatoms. The molecule has 1 heterocycles. The number of benzene rings is 1. The number of hydrogen-bond acceptors (Lipinski definition) is 4. The zero-order valence-corrected chi connectivity index (χ0v) is 18.1. The number of aliphatic hydroxyl groups is 1. The molecule has 1 aromatic heterocycles. The maximum absolute atomic E-state index is 14.4. The zero-order valence-electron chi connectivity index (χ0n) is 15.9. The highest BCUT2D eigenvalue weighted by Crippen LogP contribution is 2.28. The first-order valence-corrected chi connectivity index (χ1v) is 10.3. The fraction of sp³-hybridized carbons (Fsp3) is 0.429. The average molecular weight is 499 g/mol. The van der Waals surface area contributed by atoms with Crippen LogP contribution in [0.2, 0.25) is 0 Å². The van der Waals surface area contributed by atoms with Crippen molar-refractivity contribution in [3.05, 3.63) is 65.9 Å². The van der Waals surface area contributed by atoms with Crippen LogP contribution in [0, 0.1) is 9.39 Å². The summed E-state index contributed by atoms with van der Waals surface area (Å²) in [5.74, 6) is -0.598. The highest BCUT2D eigenvalue weighted by Gasteiger charge is 2.28. The summed E-state index contributed by atoms with van der Waals surface area (Å²) in [6.07, 6.45) is 1.61. The van der Waals surface area contributed by atoms with Gasteiger partial charge in [-0.1, -0.05) is 6.07 Å². The number of ketones is 1. The maximum atomic E-state index is 14.4. The van der Waals surface area contributed by atoms with Crippen LogP contribution in [-0.2, 0) is 31.0 Å². The molecule has 0 aliphatic heterocycles. The van der Waals surface area contributed by atoms with Crippen LogP contribution in [0.25, 0.3) is 0 Å². The third-order valence-corrected chi connectivity index (χ3v) is 5.69. The number of rotatable bonds is 7. The Morgan fingerprint density at radius 1 is 1.36 bits per heavy atom. The lowest BCUT2D eigenvalue weighted by molar-refractivity contribution is 0.0423. The van der Waals surface area contributed by atoms with E-state index in [1.807, 2.05) is 22.6 Å². The van der Waals surface area contributed by atoms with Gasteiger partial charge in [-0.2, -0.15) is 0 Å². The monoisotopic (exact) mass is 499 g/mol.